The normalized spacial score (nSPS) is 15.9. The van der Waals surface area contributed by atoms with Crippen LogP contribution in [0.1, 0.15) is 123 Å². The van der Waals surface area contributed by atoms with E-state index in [0.29, 0.717) is 12.8 Å². The smallest absolute Gasteiger partial charge is 0.393 e. The number of phosphoric acid groups is 1. The van der Waals surface area contributed by atoms with E-state index >= 15 is 0 Å². The van der Waals surface area contributed by atoms with Gasteiger partial charge in [-0.15, -0.1) is 0 Å². The first-order valence-corrected chi connectivity index (χ1v) is 19.0. The molecule has 0 heterocycles. The van der Waals surface area contributed by atoms with Gasteiger partial charge in [0, 0.05) is 6.54 Å². The number of unbranched alkanes of at least 4 members (excludes halogenated alkanes) is 10. The minimum Gasteiger partial charge on any atom is -0.393 e. The SMILES string of the molecule is C/C=C/CC/C=C/CC/C=C/C(O)C(COP(=O)(O)OCCN)NC(=O)CC(O)CCCCCCC/C=C\C/C=C\CCCCC. The maximum absolute atomic E-state index is 12.7. The first kappa shape index (κ1) is 44.2. The number of carbonyl (C=O) groups is 1. The van der Waals surface area contributed by atoms with Gasteiger partial charge >= 0.3 is 7.82 Å². The van der Waals surface area contributed by atoms with Gasteiger partial charge in [0.05, 0.1) is 37.9 Å². The van der Waals surface area contributed by atoms with Crippen LogP contribution < -0.4 is 11.1 Å². The average molecular weight is 669 g/mol. The number of nitrogens with one attached hydrogen (secondary N) is 1. The van der Waals surface area contributed by atoms with Crippen LogP contribution in [0.4, 0.5) is 0 Å². The first-order chi connectivity index (χ1) is 22.3. The largest absolute Gasteiger partial charge is 0.472 e. The lowest BCUT2D eigenvalue weighted by Gasteiger charge is -2.24. The Hall–Kier alpha value is -1.84. The molecule has 10 heteroatoms. The molecular formula is C36H65N2O7P. The van der Waals surface area contributed by atoms with Gasteiger partial charge in [0.1, 0.15) is 0 Å². The van der Waals surface area contributed by atoms with E-state index in [0.717, 1.165) is 64.2 Å². The number of amides is 1. The third-order valence-corrected chi connectivity index (χ3v) is 8.18. The van der Waals surface area contributed by atoms with E-state index in [2.05, 4.69) is 54.8 Å². The predicted molar refractivity (Wildman–Crippen MR) is 190 cm³/mol. The molecule has 0 spiro atoms. The Morgan fingerprint density at radius 2 is 1.39 bits per heavy atom. The van der Waals surface area contributed by atoms with Gasteiger partial charge in [-0.25, -0.2) is 4.57 Å². The van der Waals surface area contributed by atoms with Gasteiger partial charge in [0.15, 0.2) is 0 Å². The molecule has 0 saturated heterocycles. The molecule has 4 atom stereocenters. The van der Waals surface area contributed by atoms with E-state index in [-0.39, 0.29) is 19.6 Å². The number of aliphatic hydroxyl groups excluding tert-OH is 2. The van der Waals surface area contributed by atoms with E-state index in [1.807, 2.05) is 13.0 Å². The Morgan fingerprint density at radius 3 is 2.04 bits per heavy atom. The van der Waals surface area contributed by atoms with Crippen molar-refractivity contribution in [3.8, 4) is 0 Å². The number of rotatable bonds is 31. The van der Waals surface area contributed by atoms with Crippen molar-refractivity contribution in [2.24, 2.45) is 5.73 Å². The number of hydrogen-bond acceptors (Lipinski definition) is 7. The van der Waals surface area contributed by atoms with E-state index < -0.39 is 38.6 Å². The van der Waals surface area contributed by atoms with Crippen LogP contribution >= 0.6 is 7.82 Å². The summed E-state index contributed by atoms with van der Waals surface area (Å²) in [6, 6.07) is -1.01. The van der Waals surface area contributed by atoms with Gasteiger partial charge < -0.3 is 26.2 Å². The van der Waals surface area contributed by atoms with Gasteiger partial charge in [-0.3, -0.25) is 13.8 Å². The van der Waals surface area contributed by atoms with Crippen LogP contribution in [0.2, 0.25) is 0 Å². The Morgan fingerprint density at radius 1 is 0.804 bits per heavy atom. The van der Waals surface area contributed by atoms with Gasteiger partial charge in [0.25, 0.3) is 0 Å². The second-order valence-electron chi connectivity index (χ2n) is 11.6. The summed E-state index contributed by atoms with van der Waals surface area (Å²) < 4.78 is 21.9. The minimum absolute atomic E-state index is 0.0375. The second kappa shape index (κ2) is 31.7. The van der Waals surface area contributed by atoms with Gasteiger partial charge in [0.2, 0.25) is 5.91 Å². The molecule has 9 nitrogen and oxygen atoms in total. The molecule has 0 aliphatic carbocycles. The minimum atomic E-state index is -4.40. The molecule has 0 aromatic carbocycles. The lowest BCUT2D eigenvalue weighted by atomic mass is 10.0. The Bertz CT molecular complexity index is 920. The van der Waals surface area contributed by atoms with E-state index in [4.69, 9.17) is 14.8 Å². The molecule has 6 N–H and O–H groups in total. The van der Waals surface area contributed by atoms with Crippen LogP contribution in [0.15, 0.2) is 60.8 Å². The molecule has 0 aliphatic heterocycles. The van der Waals surface area contributed by atoms with E-state index in [1.165, 1.54) is 31.8 Å². The maximum atomic E-state index is 12.7. The zero-order valence-electron chi connectivity index (χ0n) is 28.6. The molecule has 0 aromatic heterocycles. The van der Waals surface area contributed by atoms with Crippen LogP contribution in [-0.4, -0.2) is 59.0 Å². The van der Waals surface area contributed by atoms with Crippen LogP contribution in [0.25, 0.3) is 0 Å². The van der Waals surface area contributed by atoms with Crippen LogP contribution in [0.3, 0.4) is 0 Å². The highest BCUT2D eigenvalue weighted by Gasteiger charge is 2.27. The molecule has 0 aliphatic rings. The molecule has 46 heavy (non-hydrogen) atoms. The fourth-order valence-electron chi connectivity index (χ4n) is 4.54. The predicted octanol–water partition coefficient (Wildman–Crippen LogP) is 7.74. The monoisotopic (exact) mass is 668 g/mol. The number of aliphatic hydroxyl groups is 2. The van der Waals surface area contributed by atoms with Crippen molar-refractivity contribution < 1.29 is 33.5 Å². The summed E-state index contributed by atoms with van der Waals surface area (Å²) in [7, 11) is -4.40. The number of hydrogen-bond donors (Lipinski definition) is 5. The molecule has 0 fully saturated rings. The topological polar surface area (TPSA) is 151 Å². The Kier molecular flexibility index (Phi) is 30.5. The van der Waals surface area contributed by atoms with Crippen molar-refractivity contribution in [2.75, 3.05) is 19.8 Å². The van der Waals surface area contributed by atoms with Crippen LogP contribution in [0.5, 0.6) is 0 Å². The third-order valence-electron chi connectivity index (χ3n) is 7.19. The summed E-state index contributed by atoms with van der Waals surface area (Å²) in [6.45, 7) is 3.63. The summed E-state index contributed by atoms with van der Waals surface area (Å²) in [5.74, 6) is -0.476. The van der Waals surface area contributed by atoms with Crippen molar-refractivity contribution >= 4 is 13.7 Å². The van der Waals surface area contributed by atoms with E-state index in [1.54, 1.807) is 6.08 Å². The lowest BCUT2D eigenvalue weighted by Crippen LogP contribution is -2.46. The molecule has 0 radical (unpaired) electrons. The molecule has 1 amide bonds. The Balaban J connectivity index is 4.49. The average Bonchev–Trinajstić information content (AvgIpc) is 3.03. The number of phosphoric ester groups is 1. The summed E-state index contributed by atoms with van der Waals surface area (Å²) in [5, 5.41) is 23.8. The van der Waals surface area contributed by atoms with Gasteiger partial charge in [-0.2, -0.15) is 0 Å². The number of nitrogens with two attached hydrogens (primary N) is 1. The molecule has 0 bridgehead atoms. The summed E-state index contributed by atoms with van der Waals surface area (Å²) in [6.07, 6.45) is 34.8. The molecule has 0 aromatic rings. The molecule has 266 valence electrons. The fourth-order valence-corrected chi connectivity index (χ4v) is 5.30. The highest BCUT2D eigenvalue weighted by atomic mass is 31.2. The highest BCUT2D eigenvalue weighted by Crippen LogP contribution is 2.43. The second-order valence-corrected chi connectivity index (χ2v) is 13.0. The van der Waals surface area contributed by atoms with Crippen LogP contribution in [0, 0.1) is 0 Å². The first-order valence-electron chi connectivity index (χ1n) is 17.5. The maximum Gasteiger partial charge on any atom is 0.472 e. The quantitative estimate of drug-likeness (QED) is 0.0286. The van der Waals surface area contributed by atoms with Crippen LogP contribution in [-0.2, 0) is 18.4 Å². The zero-order valence-corrected chi connectivity index (χ0v) is 29.5. The highest BCUT2D eigenvalue weighted by molar-refractivity contribution is 7.47. The van der Waals surface area contributed by atoms with Crippen molar-refractivity contribution in [3.05, 3.63) is 60.8 Å². The standard InChI is InChI=1S/C36H65N2O7P/c1-3-5-7-9-11-13-14-15-16-17-18-20-21-23-25-27-33(39)31-36(41)38-34(32-45-46(42,43)44-30-29-37)35(40)28-26-24-22-19-12-10-8-6-4-2/h4,6,11-13,15-16,19,26,28,33-35,39-40H,3,5,7-10,14,17-18,20-25,27,29-32,37H2,1-2H3,(H,38,41)(H,42,43)/b6-4+,13-11-,16-15-,19-12+,28-26+. The molecule has 0 saturated carbocycles. The van der Waals surface area contributed by atoms with Crippen molar-refractivity contribution in [2.45, 2.75) is 141 Å². The van der Waals surface area contributed by atoms with Crippen molar-refractivity contribution in [1.82, 2.24) is 5.32 Å². The zero-order chi connectivity index (χ0) is 34.1. The van der Waals surface area contributed by atoms with Gasteiger partial charge in [-0.1, -0.05) is 106 Å². The molecular weight excluding hydrogens is 603 g/mol. The molecule has 4 unspecified atom stereocenters. The van der Waals surface area contributed by atoms with Crippen molar-refractivity contribution in [3.63, 3.8) is 0 Å². The molecule has 0 rings (SSSR count). The summed E-state index contributed by atoms with van der Waals surface area (Å²) in [4.78, 5) is 22.5. The third kappa shape index (κ3) is 29.6. The fraction of sp³-hybridized carbons (Fsp3) is 0.694. The van der Waals surface area contributed by atoms with E-state index in [9.17, 15) is 24.5 Å². The lowest BCUT2D eigenvalue weighted by molar-refractivity contribution is -0.124. The van der Waals surface area contributed by atoms with Gasteiger partial charge in [-0.05, 0) is 71.1 Å². The summed E-state index contributed by atoms with van der Waals surface area (Å²) >= 11 is 0. The van der Waals surface area contributed by atoms with Crippen molar-refractivity contribution in [1.29, 1.82) is 0 Å². The number of allylic oxidation sites excluding steroid dienone is 9. The Labute approximate surface area is 279 Å². The number of carbonyl (C=O) groups excluding carboxylic acids is 1. The summed E-state index contributed by atoms with van der Waals surface area (Å²) in [5.41, 5.74) is 5.32.